The molecule has 0 spiro atoms. The fourth-order valence-electron chi connectivity index (χ4n) is 7.25. The van der Waals surface area contributed by atoms with Gasteiger partial charge in [0.2, 0.25) is 5.91 Å². The SMILES string of the molecule is CCCCCCCCC1(NC(=O)NC2CCCCC2C(CC(=O)O)NC(=O)C2OC(C)(C)OCC2(C)C)CCCCC1. The van der Waals surface area contributed by atoms with Gasteiger partial charge in [-0.15, -0.1) is 0 Å². The van der Waals surface area contributed by atoms with Gasteiger partial charge in [0.25, 0.3) is 0 Å². The van der Waals surface area contributed by atoms with Gasteiger partial charge < -0.3 is 30.5 Å². The average Bonchev–Trinajstić information content (AvgIpc) is 2.92. The Balaban J connectivity index is 1.67. The summed E-state index contributed by atoms with van der Waals surface area (Å²) in [6.07, 6.45) is 16.3. The molecule has 1 saturated heterocycles. The molecule has 2 aliphatic carbocycles. The van der Waals surface area contributed by atoms with E-state index >= 15 is 0 Å². The molecule has 4 atom stereocenters. The van der Waals surface area contributed by atoms with Crippen molar-refractivity contribution < 1.29 is 29.0 Å². The molecular weight excluding hydrogens is 534 g/mol. The standard InChI is InChI=1S/C33H59N3O6/c1-6-7-8-9-10-14-19-33(20-15-11-16-21-33)36-30(40)35-25-18-13-12-17-24(25)26(22-27(37)38)34-29(39)28-31(2,3)23-41-32(4,5)42-28/h24-26,28H,6-23H2,1-5H3,(H,34,39)(H,37,38)(H2,35,36,40). The molecule has 242 valence electrons. The maximum atomic E-state index is 13.6. The highest BCUT2D eigenvalue weighted by molar-refractivity contribution is 5.83. The van der Waals surface area contributed by atoms with Crippen LogP contribution in [0.5, 0.6) is 0 Å². The van der Waals surface area contributed by atoms with Gasteiger partial charge in [-0.25, -0.2) is 4.79 Å². The Morgan fingerprint density at radius 2 is 1.57 bits per heavy atom. The second-order valence-corrected chi connectivity index (χ2v) is 14.4. The van der Waals surface area contributed by atoms with E-state index < -0.39 is 29.3 Å². The average molecular weight is 594 g/mol. The van der Waals surface area contributed by atoms with Gasteiger partial charge in [-0.2, -0.15) is 0 Å². The molecule has 0 aromatic heterocycles. The first-order valence-corrected chi connectivity index (χ1v) is 16.8. The van der Waals surface area contributed by atoms with E-state index in [0.29, 0.717) is 6.61 Å². The normalized spacial score (nSPS) is 27.4. The highest BCUT2D eigenvalue weighted by Crippen LogP contribution is 2.36. The van der Waals surface area contributed by atoms with Crippen molar-refractivity contribution in [2.75, 3.05) is 6.61 Å². The first-order chi connectivity index (χ1) is 19.9. The van der Waals surface area contributed by atoms with E-state index in [4.69, 9.17) is 9.47 Å². The molecule has 3 rings (SSSR count). The molecule has 0 bridgehead atoms. The number of urea groups is 1. The van der Waals surface area contributed by atoms with Crippen LogP contribution < -0.4 is 16.0 Å². The third-order valence-corrected chi connectivity index (χ3v) is 9.71. The number of carbonyl (C=O) groups excluding carboxylic acids is 2. The Kier molecular flexibility index (Phi) is 13.0. The lowest BCUT2D eigenvalue weighted by Gasteiger charge is -2.46. The van der Waals surface area contributed by atoms with Gasteiger partial charge in [0.1, 0.15) is 6.10 Å². The molecule has 2 saturated carbocycles. The number of rotatable bonds is 14. The molecule has 3 fully saturated rings. The number of hydrogen-bond acceptors (Lipinski definition) is 5. The summed E-state index contributed by atoms with van der Waals surface area (Å²) in [5.41, 5.74) is -0.730. The minimum absolute atomic E-state index is 0.157. The molecule has 9 heteroatoms. The smallest absolute Gasteiger partial charge is 0.315 e. The first kappa shape index (κ1) is 34.6. The second-order valence-electron chi connectivity index (χ2n) is 14.4. The monoisotopic (exact) mass is 593 g/mol. The van der Waals surface area contributed by atoms with Crippen molar-refractivity contribution in [3.63, 3.8) is 0 Å². The zero-order valence-corrected chi connectivity index (χ0v) is 27.0. The van der Waals surface area contributed by atoms with E-state index in [1.165, 1.54) is 38.5 Å². The lowest BCUT2D eigenvalue weighted by Crippen LogP contribution is -2.61. The zero-order chi connectivity index (χ0) is 30.8. The number of nitrogens with one attached hydrogen (secondary N) is 3. The molecule has 3 amide bonds. The summed E-state index contributed by atoms with van der Waals surface area (Å²) in [7, 11) is 0. The number of hydrogen-bond donors (Lipinski definition) is 4. The second kappa shape index (κ2) is 15.7. The zero-order valence-electron chi connectivity index (χ0n) is 27.0. The number of unbranched alkanes of at least 4 members (excludes halogenated alkanes) is 5. The number of amides is 3. The highest BCUT2D eigenvalue weighted by atomic mass is 16.7. The van der Waals surface area contributed by atoms with Crippen molar-refractivity contribution in [1.82, 2.24) is 16.0 Å². The minimum Gasteiger partial charge on any atom is -0.481 e. The van der Waals surface area contributed by atoms with Gasteiger partial charge in [0.15, 0.2) is 5.79 Å². The van der Waals surface area contributed by atoms with Crippen molar-refractivity contribution in [3.8, 4) is 0 Å². The lowest BCUT2D eigenvalue weighted by molar-refractivity contribution is -0.304. The van der Waals surface area contributed by atoms with Crippen LogP contribution in [0.2, 0.25) is 0 Å². The van der Waals surface area contributed by atoms with Crippen LogP contribution in [0.3, 0.4) is 0 Å². The molecule has 0 aromatic rings. The van der Waals surface area contributed by atoms with Crippen LogP contribution in [0.15, 0.2) is 0 Å². The van der Waals surface area contributed by atoms with Crippen LogP contribution in [0.4, 0.5) is 4.79 Å². The number of carboxylic acid groups (broad SMARTS) is 1. The Bertz CT molecular complexity index is 885. The molecule has 1 aliphatic heterocycles. The topological polar surface area (TPSA) is 126 Å². The van der Waals surface area contributed by atoms with E-state index in [9.17, 15) is 19.5 Å². The van der Waals surface area contributed by atoms with Crippen LogP contribution >= 0.6 is 0 Å². The van der Waals surface area contributed by atoms with Crippen molar-refractivity contribution in [1.29, 1.82) is 0 Å². The van der Waals surface area contributed by atoms with Gasteiger partial charge in [-0.1, -0.05) is 91.4 Å². The van der Waals surface area contributed by atoms with Crippen molar-refractivity contribution in [3.05, 3.63) is 0 Å². The van der Waals surface area contributed by atoms with Crippen LogP contribution in [0, 0.1) is 11.3 Å². The fraction of sp³-hybridized carbons (Fsp3) is 0.909. The third kappa shape index (κ3) is 10.4. The number of aliphatic carboxylic acids is 1. The molecule has 42 heavy (non-hydrogen) atoms. The van der Waals surface area contributed by atoms with E-state index in [2.05, 4.69) is 22.9 Å². The molecule has 3 aliphatic rings. The maximum Gasteiger partial charge on any atom is 0.315 e. The molecule has 0 radical (unpaired) electrons. The highest BCUT2D eigenvalue weighted by Gasteiger charge is 2.47. The Morgan fingerprint density at radius 3 is 2.26 bits per heavy atom. The molecule has 4 unspecified atom stereocenters. The predicted molar refractivity (Wildman–Crippen MR) is 164 cm³/mol. The van der Waals surface area contributed by atoms with Crippen molar-refractivity contribution in [2.24, 2.45) is 11.3 Å². The molecule has 9 nitrogen and oxygen atoms in total. The summed E-state index contributed by atoms with van der Waals surface area (Å²) in [6.45, 7) is 9.98. The molecular formula is C33H59N3O6. The Labute approximate surface area is 254 Å². The summed E-state index contributed by atoms with van der Waals surface area (Å²) in [4.78, 5) is 39.0. The van der Waals surface area contributed by atoms with Gasteiger partial charge in [-0.3, -0.25) is 9.59 Å². The van der Waals surface area contributed by atoms with Crippen molar-refractivity contribution >= 4 is 17.9 Å². The van der Waals surface area contributed by atoms with Gasteiger partial charge >= 0.3 is 12.0 Å². The quantitative estimate of drug-likeness (QED) is 0.172. The summed E-state index contributed by atoms with van der Waals surface area (Å²) in [5.74, 6) is -2.38. The molecule has 4 N–H and O–H groups in total. The number of carbonyl (C=O) groups is 3. The van der Waals surface area contributed by atoms with Crippen LogP contribution in [0.25, 0.3) is 0 Å². The lowest BCUT2D eigenvalue weighted by atomic mass is 9.77. The van der Waals surface area contributed by atoms with Gasteiger partial charge in [-0.05, 0) is 46.0 Å². The van der Waals surface area contributed by atoms with E-state index in [0.717, 1.165) is 64.2 Å². The summed E-state index contributed by atoms with van der Waals surface area (Å²) >= 11 is 0. The van der Waals surface area contributed by atoms with Gasteiger partial charge in [0, 0.05) is 29.0 Å². The van der Waals surface area contributed by atoms with E-state index in [1.807, 2.05) is 13.8 Å². The van der Waals surface area contributed by atoms with Crippen LogP contribution in [0.1, 0.15) is 144 Å². The number of carboxylic acids is 1. The molecule has 1 heterocycles. The first-order valence-electron chi connectivity index (χ1n) is 16.8. The van der Waals surface area contributed by atoms with Gasteiger partial charge in [0.05, 0.1) is 13.0 Å². The van der Waals surface area contributed by atoms with E-state index in [1.54, 1.807) is 13.8 Å². The largest absolute Gasteiger partial charge is 0.481 e. The summed E-state index contributed by atoms with van der Waals surface area (Å²) < 4.78 is 11.8. The van der Waals surface area contributed by atoms with Crippen LogP contribution in [-0.4, -0.2) is 59.1 Å². The van der Waals surface area contributed by atoms with E-state index in [-0.39, 0.29) is 35.9 Å². The summed E-state index contributed by atoms with van der Waals surface area (Å²) in [5, 5.41) is 19.5. The van der Waals surface area contributed by atoms with Crippen molar-refractivity contribution in [2.45, 2.75) is 173 Å². The maximum absolute atomic E-state index is 13.6. The third-order valence-electron chi connectivity index (χ3n) is 9.71. The Hall–Kier alpha value is -1.87. The molecule has 0 aromatic carbocycles. The Morgan fingerprint density at radius 1 is 0.905 bits per heavy atom. The van der Waals surface area contributed by atoms with Crippen LogP contribution in [-0.2, 0) is 19.1 Å². The predicted octanol–water partition coefficient (Wildman–Crippen LogP) is 6.44. The minimum atomic E-state index is -0.971. The number of ether oxygens (including phenoxy) is 2. The summed E-state index contributed by atoms with van der Waals surface area (Å²) in [6, 6.07) is -0.980. The fourth-order valence-corrected chi connectivity index (χ4v) is 7.25.